The van der Waals surface area contributed by atoms with E-state index in [0.29, 0.717) is 36.1 Å². The molecule has 1 aliphatic carbocycles. The first-order chi connectivity index (χ1) is 13.7. The summed E-state index contributed by atoms with van der Waals surface area (Å²) in [6, 6.07) is 5.85. The van der Waals surface area contributed by atoms with E-state index in [2.05, 4.69) is 15.6 Å². The molecule has 1 fully saturated rings. The Morgan fingerprint density at radius 1 is 1.14 bits per heavy atom. The van der Waals surface area contributed by atoms with Gasteiger partial charge < -0.3 is 24.7 Å². The molecule has 1 saturated carbocycles. The molecule has 0 bridgehead atoms. The van der Waals surface area contributed by atoms with Crippen molar-refractivity contribution >= 4 is 11.8 Å². The van der Waals surface area contributed by atoms with Crippen LogP contribution >= 0.6 is 0 Å². The number of nitrogens with zero attached hydrogens (tertiary/aromatic N) is 2. The summed E-state index contributed by atoms with van der Waals surface area (Å²) in [7, 11) is 0. The minimum Gasteiger partial charge on any atom is -0.454 e. The van der Waals surface area contributed by atoms with Crippen molar-refractivity contribution in [2.75, 3.05) is 6.79 Å². The summed E-state index contributed by atoms with van der Waals surface area (Å²) in [5.41, 5.74) is 2.19. The number of carbonyl (C=O) groups is 2. The van der Waals surface area contributed by atoms with Gasteiger partial charge in [0.05, 0.1) is 5.69 Å². The molecule has 2 amide bonds. The predicted molar refractivity (Wildman–Crippen MR) is 99.4 cm³/mol. The summed E-state index contributed by atoms with van der Waals surface area (Å²) >= 11 is 0. The summed E-state index contributed by atoms with van der Waals surface area (Å²) < 4.78 is 12.6. The molecule has 0 radical (unpaired) electrons. The number of ether oxygens (including phenoxy) is 2. The fourth-order valence-electron chi connectivity index (χ4n) is 3.69. The Hall–Kier alpha value is -3.03. The van der Waals surface area contributed by atoms with Crippen LogP contribution in [0.3, 0.4) is 0 Å². The van der Waals surface area contributed by atoms with Crippen molar-refractivity contribution < 1.29 is 19.1 Å². The minimum atomic E-state index is -0.272. The van der Waals surface area contributed by atoms with Crippen molar-refractivity contribution in [3.63, 3.8) is 0 Å². The lowest BCUT2D eigenvalue weighted by Gasteiger charge is -2.17. The first-order valence-electron chi connectivity index (χ1n) is 9.76. The molecule has 0 atom stereocenters. The summed E-state index contributed by atoms with van der Waals surface area (Å²) in [5, 5.41) is 5.89. The van der Waals surface area contributed by atoms with Crippen molar-refractivity contribution in [2.45, 2.75) is 51.2 Å². The van der Waals surface area contributed by atoms with Crippen molar-refractivity contribution in [1.82, 2.24) is 20.2 Å². The van der Waals surface area contributed by atoms with Crippen LogP contribution in [0.4, 0.5) is 0 Å². The van der Waals surface area contributed by atoms with E-state index in [0.717, 1.165) is 43.4 Å². The molecule has 1 aromatic heterocycles. The van der Waals surface area contributed by atoms with E-state index < -0.39 is 0 Å². The average Bonchev–Trinajstić information content (AvgIpc) is 3.26. The van der Waals surface area contributed by atoms with Gasteiger partial charge in [0.2, 0.25) is 6.79 Å². The van der Waals surface area contributed by atoms with Gasteiger partial charge in [0.1, 0.15) is 5.69 Å². The van der Waals surface area contributed by atoms with Crippen molar-refractivity contribution in [2.24, 2.45) is 0 Å². The van der Waals surface area contributed by atoms with Crippen molar-refractivity contribution in [1.29, 1.82) is 0 Å². The van der Waals surface area contributed by atoms with Gasteiger partial charge in [0, 0.05) is 19.1 Å². The van der Waals surface area contributed by atoms with E-state index in [1.165, 1.54) is 0 Å². The van der Waals surface area contributed by atoms with E-state index in [9.17, 15) is 9.59 Å². The van der Waals surface area contributed by atoms with Gasteiger partial charge in [-0.15, -0.1) is 0 Å². The molecule has 2 N–H and O–H groups in total. The number of aromatic nitrogens is 2. The fraction of sp³-hybridized carbons (Fsp3) is 0.450. The van der Waals surface area contributed by atoms with Gasteiger partial charge in [-0.1, -0.05) is 6.07 Å². The smallest absolute Gasteiger partial charge is 0.287 e. The van der Waals surface area contributed by atoms with Gasteiger partial charge in [-0.25, -0.2) is 4.98 Å². The number of benzene rings is 1. The molecule has 0 unspecified atom stereocenters. The Bertz CT molecular complexity index is 948. The molecule has 8 nitrogen and oxygen atoms in total. The zero-order valence-corrected chi connectivity index (χ0v) is 15.5. The molecule has 2 aliphatic heterocycles. The second kappa shape index (κ2) is 6.85. The Labute approximate surface area is 162 Å². The highest BCUT2D eigenvalue weighted by Crippen LogP contribution is 2.32. The van der Waals surface area contributed by atoms with Gasteiger partial charge in [-0.3, -0.25) is 9.59 Å². The minimum absolute atomic E-state index is 0.164. The molecule has 8 heteroatoms. The van der Waals surface area contributed by atoms with Crippen LogP contribution in [-0.2, 0) is 19.5 Å². The van der Waals surface area contributed by atoms with Gasteiger partial charge in [-0.05, 0) is 49.8 Å². The number of amides is 2. The standard InChI is InChI=1S/C20H22N4O4/c25-19(22-13-5-6-13)17-14-3-1-2-8-24(14)18(23-17)20(26)21-10-12-4-7-15-16(9-12)28-11-27-15/h4,7,9,13H,1-3,5-6,8,10-11H2,(H,21,26)(H,22,25). The third kappa shape index (κ3) is 3.19. The second-order valence-corrected chi connectivity index (χ2v) is 7.46. The van der Waals surface area contributed by atoms with E-state index in [1.807, 2.05) is 22.8 Å². The average molecular weight is 382 g/mol. The maximum atomic E-state index is 12.8. The summed E-state index contributed by atoms with van der Waals surface area (Å²) in [4.78, 5) is 29.8. The molecule has 0 saturated heterocycles. The van der Waals surface area contributed by atoms with Crippen LogP contribution in [0.1, 0.15) is 58.0 Å². The number of hydrogen-bond acceptors (Lipinski definition) is 5. The third-order valence-electron chi connectivity index (χ3n) is 5.34. The maximum absolute atomic E-state index is 12.8. The number of hydrogen-bond donors (Lipinski definition) is 2. The Morgan fingerprint density at radius 2 is 2.00 bits per heavy atom. The second-order valence-electron chi connectivity index (χ2n) is 7.46. The van der Waals surface area contributed by atoms with E-state index in [1.54, 1.807) is 0 Å². The van der Waals surface area contributed by atoms with E-state index in [-0.39, 0.29) is 24.6 Å². The Kier molecular flexibility index (Phi) is 4.18. The molecule has 1 aromatic carbocycles. The number of imidazole rings is 1. The van der Waals surface area contributed by atoms with Crippen LogP contribution in [0.2, 0.25) is 0 Å². The van der Waals surface area contributed by atoms with Gasteiger partial charge in [-0.2, -0.15) is 0 Å². The monoisotopic (exact) mass is 382 g/mol. The van der Waals surface area contributed by atoms with E-state index in [4.69, 9.17) is 9.47 Å². The first-order valence-corrected chi connectivity index (χ1v) is 9.76. The molecule has 3 aliphatic rings. The van der Waals surface area contributed by atoms with Gasteiger partial charge in [0.15, 0.2) is 17.3 Å². The van der Waals surface area contributed by atoms with Gasteiger partial charge >= 0.3 is 0 Å². The molecular weight excluding hydrogens is 360 g/mol. The zero-order valence-electron chi connectivity index (χ0n) is 15.5. The summed E-state index contributed by atoms with van der Waals surface area (Å²) in [5.74, 6) is 1.28. The molecule has 5 rings (SSSR count). The number of carbonyl (C=O) groups excluding carboxylic acids is 2. The Morgan fingerprint density at radius 3 is 2.86 bits per heavy atom. The highest BCUT2D eigenvalue weighted by atomic mass is 16.7. The van der Waals surface area contributed by atoms with Crippen LogP contribution in [-0.4, -0.2) is 34.2 Å². The normalized spacial score (nSPS) is 17.1. The quantitative estimate of drug-likeness (QED) is 0.822. The van der Waals surface area contributed by atoms with Crippen LogP contribution < -0.4 is 20.1 Å². The van der Waals surface area contributed by atoms with Crippen molar-refractivity contribution in [3.05, 3.63) is 41.0 Å². The van der Waals surface area contributed by atoms with Gasteiger partial charge in [0.25, 0.3) is 11.8 Å². The maximum Gasteiger partial charge on any atom is 0.287 e. The first kappa shape index (κ1) is 17.1. The molecule has 0 spiro atoms. The van der Waals surface area contributed by atoms with Crippen LogP contribution in [0.15, 0.2) is 18.2 Å². The van der Waals surface area contributed by atoms with Crippen LogP contribution in [0.25, 0.3) is 0 Å². The molecule has 3 heterocycles. The SMILES string of the molecule is O=C(NC1CC1)c1nc(C(=O)NCc2ccc3c(c2)OCO3)n2c1CCCC2. The molecule has 2 aromatic rings. The summed E-state index contributed by atoms with van der Waals surface area (Å²) in [6.07, 6.45) is 4.80. The molecular formula is C20H22N4O4. The van der Waals surface area contributed by atoms with Crippen LogP contribution in [0, 0.1) is 0 Å². The molecule has 28 heavy (non-hydrogen) atoms. The lowest BCUT2D eigenvalue weighted by atomic mass is 10.1. The number of nitrogens with one attached hydrogen (secondary N) is 2. The fourth-order valence-corrected chi connectivity index (χ4v) is 3.69. The highest BCUT2D eigenvalue weighted by Gasteiger charge is 2.30. The summed E-state index contributed by atoms with van der Waals surface area (Å²) in [6.45, 7) is 1.28. The molecule has 146 valence electrons. The Balaban J connectivity index is 1.34. The third-order valence-corrected chi connectivity index (χ3v) is 5.34. The highest BCUT2D eigenvalue weighted by molar-refractivity contribution is 5.97. The van der Waals surface area contributed by atoms with Crippen molar-refractivity contribution in [3.8, 4) is 11.5 Å². The largest absolute Gasteiger partial charge is 0.454 e. The number of rotatable bonds is 5. The van der Waals surface area contributed by atoms with E-state index >= 15 is 0 Å². The zero-order chi connectivity index (χ0) is 19.1. The van der Waals surface area contributed by atoms with Crippen LogP contribution in [0.5, 0.6) is 11.5 Å². The predicted octanol–water partition coefficient (Wildman–Crippen LogP) is 1.77. The lowest BCUT2D eigenvalue weighted by molar-refractivity contribution is 0.0934. The number of fused-ring (bicyclic) bond motifs is 2. The topological polar surface area (TPSA) is 94.5 Å². The lowest BCUT2D eigenvalue weighted by Crippen LogP contribution is -2.27.